The van der Waals surface area contributed by atoms with Crippen LogP contribution in [0.5, 0.6) is 0 Å². The minimum Gasteiger partial charge on any atom is -0.353 e. The number of rotatable bonds is 8. The zero-order valence-corrected chi connectivity index (χ0v) is 12.3. The van der Waals surface area contributed by atoms with Crippen LogP contribution in [0.15, 0.2) is 0 Å². The number of nitrogens with one attached hydrogen (secondary N) is 2. The van der Waals surface area contributed by atoms with Crippen LogP contribution >= 0.6 is 0 Å². The molecule has 0 saturated carbocycles. The highest BCUT2D eigenvalue weighted by molar-refractivity contribution is 5.78. The summed E-state index contributed by atoms with van der Waals surface area (Å²) in [4.78, 5) is 13.7. The van der Waals surface area contributed by atoms with Crippen molar-refractivity contribution in [2.75, 3.05) is 33.7 Å². The summed E-state index contributed by atoms with van der Waals surface area (Å²) >= 11 is 0. The van der Waals surface area contributed by atoms with Gasteiger partial charge >= 0.3 is 0 Å². The van der Waals surface area contributed by atoms with Gasteiger partial charge in [-0.25, -0.2) is 0 Å². The van der Waals surface area contributed by atoms with E-state index in [1.807, 2.05) is 6.92 Å². The molecule has 0 heterocycles. The Bertz CT molecular complexity index is 227. The van der Waals surface area contributed by atoms with Gasteiger partial charge in [-0.1, -0.05) is 20.8 Å². The Morgan fingerprint density at radius 1 is 1.35 bits per heavy atom. The largest absolute Gasteiger partial charge is 0.353 e. The average Bonchev–Trinajstić information content (AvgIpc) is 2.14. The van der Waals surface area contributed by atoms with Gasteiger partial charge in [-0.3, -0.25) is 4.79 Å². The van der Waals surface area contributed by atoms with Gasteiger partial charge in [-0.15, -0.1) is 0 Å². The van der Waals surface area contributed by atoms with Gasteiger partial charge in [0.2, 0.25) is 5.91 Å². The highest BCUT2D eigenvalue weighted by Crippen LogP contribution is 2.13. The van der Waals surface area contributed by atoms with Gasteiger partial charge in [0, 0.05) is 19.1 Å². The molecule has 1 atom stereocenters. The summed E-state index contributed by atoms with van der Waals surface area (Å²) in [6, 6.07) is 0.263. The van der Waals surface area contributed by atoms with Crippen molar-refractivity contribution in [2.45, 2.75) is 40.2 Å². The molecule has 0 rings (SSSR count). The quantitative estimate of drug-likeness (QED) is 0.670. The van der Waals surface area contributed by atoms with E-state index in [0.29, 0.717) is 6.54 Å². The standard InChI is InChI=1S/C13H29N3O/c1-7-11(2)15-12(17)8-14-9-13(3,4)10-16(5)6/h11,14H,7-10H2,1-6H3,(H,15,17). The number of carbonyl (C=O) groups excluding carboxylic acids is 1. The van der Waals surface area contributed by atoms with Crippen molar-refractivity contribution in [2.24, 2.45) is 5.41 Å². The summed E-state index contributed by atoms with van der Waals surface area (Å²) in [5.41, 5.74) is 0.181. The van der Waals surface area contributed by atoms with Gasteiger partial charge in [0.15, 0.2) is 0 Å². The third kappa shape index (κ3) is 9.12. The molecule has 0 aromatic carbocycles. The number of hydrogen-bond acceptors (Lipinski definition) is 3. The molecule has 4 heteroatoms. The van der Waals surface area contributed by atoms with E-state index in [1.54, 1.807) is 0 Å². The van der Waals surface area contributed by atoms with Gasteiger partial charge in [-0.05, 0) is 32.9 Å². The maximum atomic E-state index is 11.5. The second kappa shape index (κ2) is 7.67. The predicted molar refractivity (Wildman–Crippen MR) is 73.1 cm³/mol. The van der Waals surface area contributed by atoms with Crippen LogP contribution in [0.1, 0.15) is 34.1 Å². The summed E-state index contributed by atoms with van der Waals surface area (Å²) < 4.78 is 0. The van der Waals surface area contributed by atoms with Crippen LogP contribution in [0, 0.1) is 5.41 Å². The first kappa shape index (κ1) is 16.4. The monoisotopic (exact) mass is 243 g/mol. The summed E-state index contributed by atoms with van der Waals surface area (Å²) in [5.74, 6) is 0.0833. The fourth-order valence-corrected chi connectivity index (χ4v) is 1.85. The van der Waals surface area contributed by atoms with Crippen LogP contribution in [0.2, 0.25) is 0 Å². The number of amides is 1. The van der Waals surface area contributed by atoms with E-state index in [2.05, 4.69) is 50.4 Å². The number of carbonyl (C=O) groups is 1. The average molecular weight is 243 g/mol. The Balaban J connectivity index is 3.79. The molecule has 0 spiro atoms. The fourth-order valence-electron chi connectivity index (χ4n) is 1.85. The maximum absolute atomic E-state index is 11.5. The number of nitrogens with zero attached hydrogens (tertiary/aromatic N) is 1. The summed E-state index contributed by atoms with van der Waals surface area (Å²) in [5, 5.41) is 6.17. The molecule has 0 aliphatic heterocycles. The van der Waals surface area contributed by atoms with E-state index in [1.165, 1.54) is 0 Å². The summed E-state index contributed by atoms with van der Waals surface area (Å²) in [7, 11) is 4.13. The molecule has 1 unspecified atom stereocenters. The van der Waals surface area contributed by atoms with Crippen molar-refractivity contribution in [3.05, 3.63) is 0 Å². The van der Waals surface area contributed by atoms with Crippen LogP contribution in [-0.2, 0) is 4.79 Å². The summed E-state index contributed by atoms with van der Waals surface area (Å²) in [6.45, 7) is 10.7. The molecule has 17 heavy (non-hydrogen) atoms. The van der Waals surface area contributed by atoms with Crippen LogP contribution in [0.25, 0.3) is 0 Å². The second-order valence-corrected chi connectivity index (χ2v) is 5.88. The van der Waals surface area contributed by atoms with E-state index in [4.69, 9.17) is 0 Å². The third-order valence-electron chi connectivity index (χ3n) is 2.65. The first-order valence-electron chi connectivity index (χ1n) is 6.41. The smallest absolute Gasteiger partial charge is 0.234 e. The normalized spacial score (nSPS) is 13.8. The van der Waals surface area contributed by atoms with Crippen LogP contribution in [0.4, 0.5) is 0 Å². The molecule has 0 aliphatic rings. The van der Waals surface area contributed by atoms with Crippen LogP contribution < -0.4 is 10.6 Å². The van der Waals surface area contributed by atoms with Crippen molar-refractivity contribution in [1.82, 2.24) is 15.5 Å². The lowest BCUT2D eigenvalue weighted by Crippen LogP contribution is -2.43. The minimum absolute atomic E-state index is 0.0833. The SMILES string of the molecule is CCC(C)NC(=O)CNCC(C)(C)CN(C)C. The van der Waals surface area contributed by atoms with Crippen LogP contribution in [-0.4, -0.2) is 50.6 Å². The molecule has 0 fully saturated rings. The first-order valence-corrected chi connectivity index (χ1v) is 6.41. The van der Waals surface area contributed by atoms with E-state index < -0.39 is 0 Å². The Morgan fingerprint density at radius 3 is 2.41 bits per heavy atom. The molecule has 0 aromatic rings. The lowest BCUT2D eigenvalue weighted by molar-refractivity contribution is -0.120. The Hall–Kier alpha value is -0.610. The number of hydrogen-bond donors (Lipinski definition) is 2. The minimum atomic E-state index is 0.0833. The van der Waals surface area contributed by atoms with E-state index in [9.17, 15) is 4.79 Å². The molecular weight excluding hydrogens is 214 g/mol. The molecule has 1 amide bonds. The Morgan fingerprint density at radius 2 is 1.94 bits per heavy atom. The summed E-state index contributed by atoms with van der Waals surface area (Å²) in [6.07, 6.45) is 0.970. The highest BCUT2D eigenvalue weighted by Gasteiger charge is 2.18. The van der Waals surface area contributed by atoms with Gasteiger partial charge < -0.3 is 15.5 Å². The Kier molecular flexibility index (Phi) is 7.39. The third-order valence-corrected chi connectivity index (χ3v) is 2.65. The molecule has 2 N–H and O–H groups in total. The maximum Gasteiger partial charge on any atom is 0.234 e. The van der Waals surface area contributed by atoms with Crippen LogP contribution in [0.3, 0.4) is 0 Å². The Labute approximate surface area is 106 Å². The van der Waals surface area contributed by atoms with Crippen molar-refractivity contribution >= 4 is 5.91 Å². The van der Waals surface area contributed by atoms with Gasteiger partial charge in [-0.2, -0.15) is 0 Å². The lowest BCUT2D eigenvalue weighted by atomic mass is 9.93. The molecule has 0 saturated heterocycles. The molecule has 0 bridgehead atoms. The molecular formula is C13H29N3O. The van der Waals surface area contributed by atoms with Crippen molar-refractivity contribution < 1.29 is 4.79 Å². The van der Waals surface area contributed by atoms with Crippen molar-refractivity contribution in [3.63, 3.8) is 0 Å². The van der Waals surface area contributed by atoms with Crippen molar-refractivity contribution in [1.29, 1.82) is 0 Å². The molecule has 0 aliphatic carbocycles. The molecule has 0 aromatic heterocycles. The van der Waals surface area contributed by atoms with E-state index >= 15 is 0 Å². The molecule has 0 radical (unpaired) electrons. The van der Waals surface area contributed by atoms with Crippen molar-refractivity contribution in [3.8, 4) is 0 Å². The molecule has 102 valence electrons. The zero-order valence-electron chi connectivity index (χ0n) is 12.3. The fraction of sp³-hybridized carbons (Fsp3) is 0.923. The first-order chi connectivity index (χ1) is 7.76. The highest BCUT2D eigenvalue weighted by atomic mass is 16.1. The predicted octanol–water partition coefficient (Wildman–Crippen LogP) is 1.08. The topological polar surface area (TPSA) is 44.4 Å². The molecule has 4 nitrogen and oxygen atoms in total. The lowest BCUT2D eigenvalue weighted by Gasteiger charge is -2.28. The second-order valence-electron chi connectivity index (χ2n) is 5.88. The van der Waals surface area contributed by atoms with Gasteiger partial charge in [0.1, 0.15) is 0 Å². The zero-order chi connectivity index (χ0) is 13.5. The van der Waals surface area contributed by atoms with Gasteiger partial charge in [0.05, 0.1) is 6.54 Å². The van der Waals surface area contributed by atoms with E-state index in [-0.39, 0.29) is 17.4 Å². The van der Waals surface area contributed by atoms with Gasteiger partial charge in [0.25, 0.3) is 0 Å². The van der Waals surface area contributed by atoms with E-state index in [0.717, 1.165) is 19.5 Å².